The lowest BCUT2D eigenvalue weighted by atomic mass is 9.99. The van der Waals surface area contributed by atoms with E-state index in [1.54, 1.807) is 11.1 Å². The third-order valence-electron chi connectivity index (χ3n) is 2.21. The third-order valence-corrected chi connectivity index (χ3v) is 2.21. The molecule has 0 aliphatic rings. The average molecular weight is 336 g/mol. The van der Waals surface area contributed by atoms with Gasteiger partial charge in [-0.3, -0.25) is 0 Å². The summed E-state index contributed by atoms with van der Waals surface area (Å²) in [5.41, 5.74) is 3.34. The van der Waals surface area contributed by atoms with Crippen molar-refractivity contribution in [2.45, 2.75) is 53.4 Å². The topological polar surface area (TPSA) is 156 Å². The lowest BCUT2D eigenvalue weighted by Gasteiger charge is -2.07. The Bertz CT molecular complexity index is 292. The molecule has 0 aliphatic heterocycles. The molecule has 0 radical (unpaired) electrons. The van der Waals surface area contributed by atoms with Crippen LogP contribution in [0.3, 0.4) is 0 Å². The number of rotatable bonds is 4. The van der Waals surface area contributed by atoms with Gasteiger partial charge < -0.3 is 29.4 Å². The van der Waals surface area contributed by atoms with Crippen molar-refractivity contribution in [1.29, 1.82) is 0 Å². The van der Waals surface area contributed by atoms with E-state index in [9.17, 15) is 0 Å². The van der Waals surface area contributed by atoms with Crippen LogP contribution in [0.5, 0.6) is 0 Å². The molecule has 8 nitrogen and oxygen atoms in total. The van der Waals surface area contributed by atoms with Crippen LogP contribution in [0.25, 0.3) is 0 Å². The van der Waals surface area contributed by atoms with Crippen molar-refractivity contribution < 1.29 is 38.5 Å². The molecule has 0 rings (SSSR count). The Kier molecular flexibility index (Phi) is 15.8. The molecule has 6 N–H and O–H groups in total. The molecular weight excluding hydrogens is 310 g/mol. The van der Waals surface area contributed by atoms with Crippen LogP contribution in [0.1, 0.15) is 53.4 Å². The van der Waals surface area contributed by atoms with Gasteiger partial charge in [0.1, 0.15) is 0 Å². The Balaban J connectivity index is -0.000000244. The minimum Gasteiger partial charge on any atom is -0.303 e. The van der Waals surface area contributed by atoms with Gasteiger partial charge in [0.05, 0.1) is 0 Å². The quantitative estimate of drug-likeness (QED) is 0.336. The molecule has 0 saturated heterocycles. The van der Waals surface area contributed by atoms with Crippen LogP contribution in [0.15, 0.2) is 11.1 Å². The van der Waals surface area contributed by atoms with Gasteiger partial charge in [-0.25, -0.2) is 9.13 Å². The maximum atomic E-state index is 8.88. The van der Waals surface area contributed by atoms with Crippen molar-refractivity contribution in [2.24, 2.45) is 0 Å². The number of phosphoric acid groups is 2. The van der Waals surface area contributed by atoms with E-state index in [0.717, 1.165) is 0 Å². The molecule has 0 unspecified atom stereocenters. The predicted octanol–water partition coefficient (Wildman–Crippen LogP) is 2.07. The van der Waals surface area contributed by atoms with Crippen LogP contribution in [0.2, 0.25) is 0 Å². The zero-order valence-electron chi connectivity index (χ0n) is 12.2. The third kappa shape index (κ3) is 36.1. The van der Waals surface area contributed by atoms with Gasteiger partial charge in [-0.2, -0.15) is 0 Å². The van der Waals surface area contributed by atoms with Gasteiger partial charge in [0.15, 0.2) is 0 Å². The average Bonchev–Trinajstić information content (AvgIpc) is 2.21. The van der Waals surface area contributed by atoms with Crippen LogP contribution in [-0.2, 0) is 9.13 Å². The minimum atomic E-state index is -4.64. The highest BCUT2D eigenvalue weighted by molar-refractivity contribution is 7.45. The predicted molar refractivity (Wildman–Crippen MR) is 76.7 cm³/mol. The summed E-state index contributed by atoms with van der Waals surface area (Å²) in [6.07, 6.45) is 4.97. The maximum Gasteiger partial charge on any atom is 0.466 e. The van der Waals surface area contributed by atoms with Gasteiger partial charge in [-0.1, -0.05) is 38.8 Å². The summed E-state index contributed by atoms with van der Waals surface area (Å²) in [5, 5.41) is 0. The number of hydrogen-bond acceptors (Lipinski definition) is 2. The first-order valence-electron chi connectivity index (χ1n) is 6.06. The first-order chi connectivity index (χ1) is 8.79. The molecule has 0 aromatic carbocycles. The fourth-order valence-corrected chi connectivity index (χ4v) is 1.50. The van der Waals surface area contributed by atoms with Crippen LogP contribution >= 0.6 is 15.6 Å². The Labute approximate surface area is 119 Å². The zero-order chi connectivity index (χ0) is 17.0. The number of allylic oxidation sites excluding steroid dienone is 2. The van der Waals surface area contributed by atoms with E-state index in [2.05, 4.69) is 27.7 Å². The fourth-order valence-electron chi connectivity index (χ4n) is 1.50. The van der Waals surface area contributed by atoms with E-state index in [-0.39, 0.29) is 0 Å². The van der Waals surface area contributed by atoms with Gasteiger partial charge in [0.25, 0.3) is 0 Å². The maximum absolute atomic E-state index is 8.88. The van der Waals surface area contributed by atoms with Gasteiger partial charge in [0.2, 0.25) is 0 Å². The highest BCUT2D eigenvalue weighted by Crippen LogP contribution is 2.26. The monoisotopic (exact) mass is 336 g/mol. The minimum absolute atomic E-state index is 1.24. The molecule has 0 amide bonds. The first kappa shape index (κ1) is 24.9. The molecule has 0 aliphatic carbocycles. The van der Waals surface area contributed by atoms with E-state index in [1.165, 1.54) is 25.7 Å². The Hall–Kier alpha value is -0.0400. The zero-order valence-corrected chi connectivity index (χ0v) is 14.0. The Morgan fingerprint density at radius 2 is 0.700 bits per heavy atom. The lowest BCUT2D eigenvalue weighted by molar-refractivity contribution is 0.272. The second-order valence-corrected chi connectivity index (χ2v) is 5.70. The Morgan fingerprint density at radius 1 is 0.600 bits per heavy atom. The molecule has 10 heteroatoms. The van der Waals surface area contributed by atoms with Crippen LogP contribution in [0.4, 0.5) is 0 Å². The van der Waals surface area contributed by atoms with Gasteiger partial charge in [-0.15, -0.1) is 0 Å². The standard InChI is InChI=1S/C10H20.2H3O4P/c1-5-9(6-2)10(7-3)8-4;2*1-5(2,3)4/h5-8H2,1-4H3;2*(H3,1,2,3,4). The van der Waals surface area contributed by atoms with Crippen molar-refractivity contribution in [1.82, 2.24) is 0 Å². The van der Waals surface area contributed by atoms with Crippen molar-refractivity contribution >= 4 is 15.6 Å². The summed E-state index contributed by atoms with van der Waals surface area (Å²) >= 11 is 0. The fraction of sp³-hybridized carbons (Fsp3) is 0.800. The molecule has 0 aromatic heterocycles. The molecule has 0 heterocycles. The summed E-state index contributed by atoms with van der Waals surface area (Å²) in [6, 6.07) is 0. The summed E-state index contributed by atoms with van der Waals surface area (Å²) in [7, 11) is -9.28. The van der Waals surface area contributed by atoms with E-state index in [4.69, 9.17) is 38.5 Å². The smallest absolute Gasteiger partial charge is 0.303 e. The summed E-state index contributed by atoms with van der Waals surface area (Å²) in [5.74, 6) is 0. The van der Waals surface area contributed by atoms with Crippen molar-refractivity contribution in [3.8, 4) is 0 Å². The molecule has 0 saturated carbocycles. The van der Waals surface area contributed by atoms with Gasteiger partial charge in [0, 0.05) is 0 Å². The van der Waals surface area contributed by atoms with Crippen LogP contribution in [-0.4, -0.2) is 29.4 Å². The molecular formula is C10H26O8P2. The highest BCUT2D eigenvalue weighted by atomic mass is 31.2. The second-order valence-electron chi connectivity index (χ2n) is 3.65. The normalized spacial score (nSPS) is 10.7. The SMILES string of the molecule is CCC(CC)=C(CC)CC.O=P(O)(O)O.O=P(O)(O)O. The van der Waals surface area contributed by atoms with Crippen LogP contribution < -0.4 is 0 Å². The Morgan fingerprint density at radius 3 is 0.750 bits per heavy atom. The molecule has 0 aromatic rings. The largest absolute Gasteiger partial charge is 0.466 e. The van der Waals surface area contributed by atoms with Crippen molar-refractivity contribution in [3.05, 3.63) is 11.1 Å². The second kappa shape index (κ2) is 12.7. The lowest BCUT2D eigenvalue weighted by Crippen LogP contribution is -1.87. The summed E-state index contributed by atoms with van der Waals surface area (Å²) in [6.45, 7) is 9.02. The molecule has 0 spiro atoms. The highest BCUT2D eigenvalue weighted by Gasteiger charge is 2.00. The van der Waals surface area contributed by atoms with E-state index in [0.29, 0.717) is 0 Å². The van der Waals surface area contributed by atoms with Gasteiger partial charge >= 0.3 is 15.6 Å². The molecule has 20 heavy (non-hydrogen) atoms. The van der Waals surface area contributed by atoms with E-state index >= 15 is 0 Å². The van der Waals surface area contributed by atoms with Crippen LogP contribution in [0, 0.1) is 0 Å². The number of hydrogen-bond donors (Lipinski definition) is 6. The van der Waals surface area contributed by atoms with E-state index in [1.807, 2.05) is 0 Å². The van der Waals surface area contributed by atoms with E-state index < -0.39 is 15.6 Å². The molecule has 124 valence electrons. The first-order valence-corrected chi connectivity index (χ1v) is 9.19. The van der Waals surface area contributed by atoms with Gasteiger partial charge in [-0.05, 0) is 25.7 Å². The molecule has 0 atom stereocenters. The van der Waals surface area contributed by atoms with Crippen molar-refractivity contribution in [2.75, 3.05) is 0 Å². The summed E-state index contributed by atoms with van der Waals surface area (Å²) < 4.78 is 17.8. The molecule has 0 fully saturated rings. The molecule has 0 bridgehead atoms. The van der Waals surface area contributed by atoms with Crippen molar-refractivity contribution in [3.63, 3.8) is 0 Å². The summed E-state index contributed by atoms with van der Waals surface area (Å²) in [4.78, 5) is 43.1.